The number of hydrogen-bond donors (Lipinski definition) is 2. The van der Waals surface area contributed by atoms with Crippen molar-refractivity contribution in [2.45, 2.75) is 26.8 Å². The summed E-state index contributed by atoms with van der Waals surface area (Å²) < 4.78 is 10.6. The lowest BCUT2D eigenvalue weighted by Crippen LogP contribution is -2.38. The average molecular weight is 310 g/mol. The van der Waals surface area contributed by atoms with E-state index in [2.05, 4.69) is 5.32 Å². The quantitative estimate of drug-likeness (QED) is 0.752. The number of nitrogens with two attached hydrogens (primary N) is 1. The highest BCUT2D eigenvalue weighted by molar-refractivity contribution is 7.80. The second-order valence-electron chi connectivity index (χ2n) is 5.15. The van der Waals surface area contributed by atoms with E-state index in [1.165, 1.54) is 0 Å². The van der Waals surface area contributed by atoms with Crippen molar-refractivity contribution < 1.29 is 14.3 Å². The first kappa shape index (κ1) is 17.2. The molecule has 1 aromatic carbocycles. The molecule has 1 aromatic rings. The summed E-state index contributed by atoms with van der Waals surface area (Å²) in [5, 5.41) is 2.87. The molecular weight excluding hydrogens is 288 g/mol. The Hall–Kier alpha value is -1.82. The lowest BCUT2D eigenvalue weighted by atomic mass is 10.1. The predicted molar refractivity (Wildman–Crippen MR) is 86.8 cm³/mol. The molecule has 21 heavy (non-hydrogen) atoms. The Morgan fingerprint density at radius 1 is 1.29 bits per heavy atom. The third kappa shape index (κ3) is 5.59. The molecule has 0 saturated heterocycles. The van der Waals surface area contributed by atoms with E-state index in [0.717, 1.165) is 0 Å². The second kappa shape index (κ2) is 7.83. The minimum Gasteiger partial charge on any atom is -0.497 e. The molecule has 1 atom stereocenters. The highest BCUT2D eigenvalue weighted by Gasteiger charge is 2.12. The maximum Gasteiger partial charge on any atom is 0.258 e. The topological polar surface area (TPSA) is 73.6 Å². The molecule has 0 bridgehead atoms. The van der Waals surface area contributed by atoms with E-state index in [0.29, 0.717) is 23.0 Å². The molecule has 5 nitrogen and oxygen atoms in total. The number of amides is 1. The van der Waals surface area contributed by atoms with E-state index in [9.17, 15) is 4.79 Å². The highest BCUT2D eigenvalue weighted by Crippen LogP contribution is 2.22. The van der Waals surface area contributed by atoms with Gasteiger partial charge in [-0.2, -0.15) is 0 Å². The molecule has 1 unspecified atom stereocenters. The van der Waals surface area contributed by atoms with Crippen LogP contribution in [0.15, 0.2) is 18.2 Å². The van der Waals surface area contributed by atoms with Gasteiger partial charge in [0.2, 0.25) is 0 Å². The molecule has 0 fully saturated rings. The minimum atomic E-state index is -0.170. The van der Waals surface area contributed by atoms with E-state index < -0.39 is 0 Å². The van der Waals surface area contributed by atoms with Gasteiger partial charge in [0.15, 0.2) is 6.61 Å². The smallest absolute Gasteiger partial charge is 0.258 e. The van der Waals surface area contributed by atoms with Crippen LogP contribution >= 0.6 is 12.2 Å². The first-order chi connectivity index (χ1) is 9.83. The van der Waals surface area contributed by atoms with Gasteiger partial charge in [0.05, 0.1) is 7.11 Å². The fourth-order valence-corrected chi connectivity index (χ4v) is 1.64. The van der Waals surface area contributed by atoms with Crippen LogP contribution in [0.3, 0.4) is 0 Å². The Balaban J connectivity index is 2.68. The van der Waals surface area contributed by atoms with Crippen molar-refractivity contribution in [2.75, 3.05) is 13.7 Å². The van der Waals surface area contributed by atoms with Crippen LogP contribution < -0.4 is 20.5 Å². The Morgan fingerprint density at radius 3 is 2.43 bits per heavy atom. The van der Waals surface area contributed by atoms with Gasteiger partial charge in [0, 0.05) is 17.7 Å². The number of ether oxygens (including phenoxy) is 2. The lowest BCUT2D eigenvalue weighted by Gasteiger charge is -2.17. The van der Waals surface area contributed by atoms with Gasteiger partial charge in [0.1, 0.15) is 16.5 Å². The van der Waals surface area contributed by atoms with Crippen LogP contribution in [0.1, 0.15) is 26.3 Å². The van der Waals surface area contributed by atoms with E-state index >= 15 is 0 Å². The molecule has 1 amide bonds. The van der Waals surface area contributed by atoms with Gasteiger partial charge < -0.3 is 20.5 Å². The fraction of sp³-hybridized carbons (Fsp3) is 0.467. The monoisotopic (exact) mass is 310 g/mol. The number of hydrogen-bond acceptors (Lipinski definition) is 4. The van der Waals surface area contributed by atoms with Gasteiger partial charge in [-0.3, -0.25) is 4.79 Å². The van der Waals surface area contributed by atoms with Crippen LogP contribution in [0.5, 0.6) is 11.5 Å². The van der Waals surface area contributed by atoms with Gasteiger partial charge in [-0.1, -0.05) is 26.1 Å². The number of thiocarbonyl (C=S) groups is 1. The van der Waals surface area contributed by atoms with Gasteiger partial charge in [-0.05, 0) is 25.0 Å². The first-order valence-corrected chi connectivity index (χ1v) is 7.15. The first-order valence-electron chi connectivity index (χ1n) is 6.74. The zero-order valence-corrected chi connectivity index (χ0v) is 13.6. The molecule has 0 spiro atoms. The maximum atomic E-state index is 11.8. The predicted octanol–water partition coefficient (Wildman–Crippen LogP) is 1.87. The zero-order chi connectivity index (χ0) is 16.0. The van der Waals surface area contributed by atoms with Crippen molar-refractivity contribution in [2.24, 2.45) is 11.7 Å². The largest absolute Gasteiger partial charge is 0.497 e. The molecule has 0 radical (unpaired) electrons. The number of carbonyl (C=O) groups excluding carboxylic acids is 1. The Bertz CT molecular complexity index is 518. The Labute approximate surface area is 130 Å². The van der Waals surface area contributed by atoms with Crippen molar-refractivity contribution in [3.63, 3.8) is 0 Å². The van der Waals surface area contributed by atoms with Gasteiger partial charge in [-0.15, -0.1) is 0 Å². The maximum absolute atomic E-state index is 11.8. The summed E-state index contributed by atoms with van der Waals surface area (Å²) in [6.07, 6.45) is 0. The molecule has 0 aliphatic carbocycles. The van der Waals surface area contributed by atoms with E-state index in [1.54, 1.807) is 25.3 Å². The van der Waals surface area contributed by atoms with Crippen LogP contribution in [0.25, 0.3) is 0 Å². The van der Waals surface area contributed by atoms with E-state index in [4.69, 9.17) is 27.4 Å². The van der Waals surface area contributed by atoms with Crippen LogP contribution in [0.4, 0.5) is 0 Å². The molecule has 116 valence electrons. The Kier molecular flexibility index (Phi) is 6.42. The summed E-state index contributed by atoms with van der Waals surface area (Å²) in [5.74, 6) is 1.26. The summed E-state index contributed by atoms with van der Waals surface area (Å²) in [5.41, 5.74) is 6.24. The number of benzene rings is 1. The van der Waals surface area contributed by atoms with Crippen molar-refractivity contribution >= 4 is 23.1 Å². The standard InChI is InChI=1S/C15H22N2O3S/c1-9(2)10(3)17-14(18)8-20-13-6-11(15(16)21)5-12(7-13)19-4/h5-7,9-10H,8H2,1-4H3,(H2,16,21)(H,17,18). The average Bonchev–Trinajstić information content (AvgIpc) is 2.44. The summed E-state index contributed by atoms with van der Waals surface area (Å²) in [6.45, 7) is 5.98. The van der Waals surface area contributed by atoms with Crippen LogP contribution in [0, 0.1) is 5.92 Å². The summed E-state index contributed by atoms with van der Waals surface area (Å²) >= 11 is 4.94. The number of methoxy groups -OCH3 is 1. The van der Waals surface area contributed by atoms with E-state index in [1.807, 2.05) is 20.8 Å². The Morgan fingerprint density at radius 2 is 1.90 bits per heavy atom. The number of rotatable bonds is 7. The van der Waals surface area contributed by atoms with Crippen molar-refractivity contribution in [3.8, 4) is 11.5 Å². The second-order valence-corrected chi connectivity index (χ2v) is 5.59. The SMILES string of the molecule is COc1cc(OCC(=O)NC(C)C(C)C)cc(C(N)=S)c1. The molecule has 3 N–H and O–H groups in total. The normalized spacial score (nSPS) is 11.9. The van der Waals surface area contributed by atoms with Gasteiger partial charge >= 0.3 is 0 Å². The third-order valence-corrected chi connectivity index (χ3v) is 3.39. The molecular formula is C15H22N2O3S. The molecule has 0 aliphatic rings. The molecule has 0 aromatic heterocycles. The van der Waals surface area contributed by atoms with Crippen molar-refractivity contribution in [1.29, 1.82) is 0 Å². The summed E-state index contributed by atoms with van der Waals surface area (Å²) in [7, 11) is 1.54. The van der Waals surface area contributed by atoms with Crippen molar-refractivity contribution in [3.05, 3.63) is 23.8 Å². The number of carbonyl (C=O) groups is 1. The van der Waals surface area contributed by atoms with Gasteiger partial charge in [0.25, 0.3) is 5.91 Å². The number of nitrogens with one attached hydrogen (secondary N) is 1. The molecule has 0 heterocycles. The molecule has 6 heteroatoms. The molecule has 1 rings (SSSR count). The zero-order valence-electron chi connectivity index (χ0n) is 12.8. The third-order valence-electron chi connectivity index (χ3n) is 3.16. The van der Waals surface area contributed by atoms with Crippen LogP contribution in [0.2, 0.25) is 0 Å². The molecule has 0 saturated carbocycles. The summed E-state index contributed by atoms with van der Waals surface area (Å²) in [4.78, 5) is 12.0. The van der Waals surface area contributed by atoms with Crippen molar-refractivity contribution in [1.82, 2.24) is 5.32 Å². The highest BCUT2D eigenvalue weighted by atomic mass is 32.1. The summed E-state index contributed by atoms with van der Waals surface area (Å²) in [6, 6.07) is 5.18. The molecule has 0 aliphatic heterocycles. The van der Waals surface area contributed by atoms with Crippen LogP contribution in [-0.4, -0.2) is 30.7 Å². The van der Waals surface area contributed by atoms with E-state index in [-0.39, 0.29) is 23.5 Å². The minimum absolute atomic E-state index is 0.0685. The van der Waals surface area contributed by atoms with Crippen LogP contribution in [-0.2, 0) is 4.79 Å². The lowest BCUT2D eigenvalue weighted by molar-refractivity contribution is -0.124. The van der Waals surface area contributed by atoms with Gasteiger partial charge in [-0.25, -0.2) is 0 Å². The fourth-order valence-electron chi connectivity index (χ4n) is 1.53.